The summed E-state index contributed by atoms with van der Waals surface area (Å²) in [6.45, 7) is 37.2. The van der Waals surface area contributed by atoms with Crippen LogP contribution in [0, 0.1) is 0 Å². The molecule has 0 atom stereocenters. The first kappa shape index (κ1) is 46.8. The van der Waals surface area contributed by atoms with E-state index in [1.807, 2.05) is 0 Å². The van der Waals surface area contributed by atoms with Gasteiger partial charge in [0.2, 0.25) is 0 Å². The molecule has 0 amide bonds. The molecule has 2 aliphatic heterocycles. The molecule has 0 spiro atoms. The zero-order chi connectivity index (χ0) is 49.5. The van der Waals surface area contributed by atoms with Crippen molar-refractivity contribution < 1.29 is 0 Å². The number of benzene rings is 5. The number of fused-ring (bicyclic) bond motifs is 9. The summed E-state index contributed by atoms with van der Waals surface area (Å²) in [6, 6.07) is 33.7. The Labute approximate surface area is 427 Å². The molecule has 1 saturated carbocycles. The quantitative estimate of drug-likeness (QED) is 0.163. The molecule has 6 aromatic rings. The third-order valence-corrected chi connectivity index (χ3v) is 21.0. The number of hydrogen-bond donors (Lipinski definition) is 0. The molecule has 6 aliphatic rings. The van der Waals surface area contributed by atoms with Gasteiger partial charge in [0.1, 0.15) is 0 Å². The molecular weight excluding hydrogens is 864 g/mol. The summed E-state index contributed by atoms with van der Waals surface area (Å²) < 4.78 is 2.96. The second-order valence-corrected chi connectivity index (χ2v) is 29.5. The van der Waals surface area contributed by atoms with E-state index in [0.717, 1.165) is 0 Å². The molecule has 0 unspecified atom stereocenters. The standard InChI is InChI=1S/C66H81BN2S/c1-60(2,3)42-21-23-43(24-22-42)68-53-38-50-49(64(10,11)30-31-65(50,12)13)37-52(53)67-57-54(68)33-41(40-19-17-16-18-20-40)34-55(57)69(44-25-26-46-47(35-44)62(6,7)28-27-61(46,4)5)58-45-36-48-51(39-56(45)70-59(58)67)66(14,15)32-29-63(48,8)9/h21-26,33-40H,16-20,27-32H2,1-15H3. The monoisotopic (exact) mass is 945 g/mol. The minimum Gasteiger partial charge on any atom is -0.311 e. The summed E-state index contributed by atoms with van der Waals surface area (Å²) in [5.41, 5.74) is 24.0. The van der Waals surface area contributed by atoms with Crippen molar-refractivity contribution in [3.05, 3.63) is 123 Å². The number of anilines is 6. The lowest BCUT2D eigenvalue weighted by Crippen LogP contribution is -2.61. The molecule has 2 nitrogen and oxygen atoms in total. The second kappa shape index (κ2) is 15.1. The lowest BCUT2D eigenvalue weighted by molar-refractivity contribution is 0.332. The van der Waals surface area contributed by atoms with Gasteiger partial charge < -0.3 is 9.80 Å². The Balaban J connectivity index is 1.23. The second-order valence-electron chi connectivity index (χ2n) is 28.4. The maximum atomic E-state index is 2.83. The molecule has 4 heteroatoms. The molecule has 70 heavy (non-hydrogen) atoms. The van der Waals surface area contributed by atoms with Gasteiger partial charge in [0, 0.05) is 43.3 Å². The minimum absolute atomic E-state index is 0.0680. The molecule has 1 aromatic heterocycles. The highest BCUT2D eigenvalue weighted by molar-refractivity contribution is 7.33. The SMILES string of the molecule is CC(C)(C)c1ccc(N2c3cc4c(cc3B3c5sc6cc7c(cc6c5N(c5ccc6c(c5)C(C)(C)CCC6(C)C)c5cc(C6CCCCC6)cc2c53)C(C)(C)CCC7(C)C)C(C)(C)CCC4(C)C)cc1. The Kier molecular flexibility index (Phi) is 10.1. The van der Waals surface area contributed by atoms with E-state index < -0.39 is 0 Å². The van der Waals surface area contributed by atoms with Crippen molar-refractivity contribution in [3.63, 3.8) is 0 Å². The average Bonchev–Trinajstić information content (AvgIpc) is 3.68. The van der Waals surface area contributed by atoms with Crippen LogP contribution < -0.4 is 25.5 Å². The molecule has 0 bridgehead atoms. The van der Waals surface area contributed by atoms with Gasteiger partial charge in [-0.15, -0.1) is 11.3 Å². The normalized spacial score (nSPS) is 22.1. The maximum Gasteiger partial charge on any atom is 0.264 e. The molecule has 364 valence electrons. The third kappa shape index (κ3) is 6.97. The van der Waals surface area contributed by atoms with Crippen molar-refractivity contribution in [1.29, 1.82) is 0 Å². The van der Waals surface area contributed by atoms with Gasteiger partial charge >= 0.3 is 0 Å². The zero-order valence-corrected chi connectivity index (χ0v) is 46.6. The molecule has 5 aromatic carbocycles. The number of rotatable bonds is 3. The predicted molar refractivity (Wildman–Crippen MR) is 306 cm³/mol. The maximum absolute atomic E-state index is 2.83. The van der Waals surface area contributed by atoms with E-state index in [0.29, 0.717) is 5.92 Å². The Bertz CT molecular complexity index is 3140. The molecule has 0 radical (unpaired) electrons. The van der Waals surface area contributed by atoms with Crippen molar-refractivity contribution in [3.8, 4) is 0 Å². The Morgan fingerprint density at radius 1 is 0.486 bits per heavy atom. The first-order valence-corrected chi connectivity index (χ1v) is 28.4. The Morgan fingerprint density at radius 3 is 1.54 bits per heavy atom. The van der Waals surface area contributed by atoms with Gasteiger partial charge in [0.05, 0.1) is 5.69 Å². The smallest absolute Gasteiger partial charge is 0.264 e. The number of thiophene rings is 1. The van der Waals surface area contributed by atoms with Crippen LogP contribution in [0.15, 0.2) is 78.9 Å². The first-order chi connectivity index (χ1) is 32.8. The van der Waals surface area contributed by atoms with Crippen LogP contribution >= 0.6 is 11.3 Å². The van der Waals surface area contributed by atoms with E-state index in [1.54, 1.807) is 16.7 Å². The van der Waals surface area contributed by atoms with Crippen LogP contribution in [0.1, 0.15) is 225 Å². The van der Waals surface area contributed by atoms with Crippen molar-refractivity contribution in [2.45, 2.75) is 218 Å². The molecule has 0 saturated heterocycles. The van der Waals surface area contributed by atoms with Crippen LogP contribution in [0.4, 0.5) is 34.1 Å². The number of nitrogens with zero attached hydrogens (tertiary/aromatic N) is 2. The van der Waals surface area contributed by atoms with Gasteiger partial charge in [-0.2, -0.15) is 0 Å². The van der Waals surface area contributed by atoms with Crippen molar-refractivity contribution >= 4 is 78.0 Å². The topological polar surface area (TPSA) is 6.48 Å². The predicted octanol–water partition coefficient (Wildman–Crippen LogP) is 17.4. The van der Waals surface area contributed by atoms with Crippen LogP contribution in [0.2, 0.25) is 0 Å². The summed E-state index contributed by atoms with van der Waals surface area (Å²) in [7, 11) is 0. The minimum atomic E-state index is 0.0680. The average molecular weight is 945 g/mol. The van der Waals surface area contributed by atoms with Crippen LogP contribution in [0.3, 0.4) is 0 Å². The summed E-state index contributed by atoms with van der Waals surface area (Å²) in [4.78, 5) is 5.58. The van der Waals surface area contributed by atoms with Crippen LogP contribution in [0.25, 0.3) is 10.1 Å². The van der Waals surface area contributed by atoms with E-state index in [4.69, 9.17) is 0 Å². The fraction of sp³-hybridized carbons (Fsp3) is 0.515. The highest BCUT2D eigenvalue weighted by Gasteiger charge is 2.49. The molecule has 1 fully saturated rings. The third-order valence-electron chi connectivity index (χ3n) is 19.8. The van der Waals surface area contributed by atoms with E-state index in [2.05, 4.69) is 204 Å². The van der Waals surface area contributed by atoms with E-state index >= 15 is 0 Å². The van der Waals surface area contributed by atoms with Crippen molar-refractivity contribution in [2.24, 2.45) is 0 Å². The van der Waals surface area contributed by atoms with Crippen molar-refractivity contribution in [1.82, 2.24) is 0 Å². The lowest BCUT2D eigenvalue weighted by Gasteiger charge is -2.47. The van der Waals surface area contributed by atoms with E-state index in [1.165, 1.54) is 158 Å². The van der Waals surface area contributed by atoms with Gasteiger partial charge in [-0.05, 0) is 205 Å². The van der Waals surface area contributed by atoms with Gasteiger partial charge in [0.25, 0.3) is 6.71 Å². The Hall–Kier alpha value is -4.28. The summed E-state index contributed by atoms with van der Waals surface area (Å²) in [5, 5.41) is 1.44. The summed E-state index contributed by atoms with van der Waals surface area (Å²) in [6.07, 6.45) is 13.7. The van der Waals surface area contributed by atoms with Crippen molar-refractivity contribution in [2.75, 3.05) is 9.80 Å². The summed E-state index contributed by atoms with van der Waals surface area (Å²) >= 11 is 2.11. The van der Waals surface area contributed by atoms with Crippen LogP contribution in [-0.4, -0.2) is 6.71 Å². The molecule has 12 rings (SSSR count). The highest BCUT2D eigenvalue weighted by Crippen LogP contribution is 2.56. The van der Waals surface area contributed by atoms with E-state index in [9.17, 15) is 0 Å². The summed E-state index contributed by atoms with van der Waals surface area (Å²) in [5.74, 6) is 0.546. The largest absolute Gasteiger partial charge is 0.311 e. The molecule has 0 N–H and O–H groups in total. The van der Waals surface area contributed by atoms with Crippen LogP contribution in [-0.2, 0) is 37.9 Å². The highest BCUT2D eigenvalue weighted by atomic mass is 32.1. The zero-order valence-electron chi connectivity index (χ0n) is 45.7. The van der Waals surface area contributed by atoms with E-state index in [-0.39, 0.29) is 44.6 Å². The van der Waals surface area contributed by atoms with Gasteiger partial charge in [-0.25, -0.2) is 0 Å². The molecule has 3 heterocycles. The molecule has 4 aliphatic carbocycles. The van der Waals surface area contributed by atoms with Gasteiger partial charge in [0.15, 0.2) is 0 Å². The first-order valence-electron chi connectivity index (χ1n) is 27.6. The van der Waals surface area contributed by atoms with Gasteiger partial charge in [-0.3, -0.25) is 0 Å². The lowest BCUT2D eigenvalue weighted by atomic mass is 9.35. The molecular formula is C66H81BN2S. The van der Waals surface area contributed by atoms with Crippen LogP contribution in [0.5, 0.6) is 0 Å². The fourth-order valence-electron chi connectivity index (χ4n) is 14.7. The fourth-order valence-corrected chi connectivity index (χ4v) is 16.0. The van der Waals surface area contributed by atoms with Gasteiger partial charge in [-0.1, -0.05) is 147 Å². The Morgan fingerprint density at radius 2 is 0.971 bits per heavy atom. The number of hydrogen-bond acceptors (Lipinski definition) is 3.